The van der Waals surface area contributed by atoms with Crippen molar-refractivity contribution in [2.75, 3.05) is 0 Å². The molecule has 0 bridgehead atoms. The topological polar surface area (TPSA) is 118 Å². The highest BCUT2D eigenvalue weighted by molar-refractivity contribution is 8.77. The third-order valence-electron chi connectivity index (χ3n) is 2.37. The third-order valence-corrected chi connectivity index (χ3v) is 5.74. The van der Waals surface area contributed by atoms with Crippen LogP contribution < -0.4 is 0 Å². The van der Waals surface area contributed by atoms with Gasteiger partial charge in [0.15, 0.2) is 0 Å². The van der Waals surface area contributed by atoms with E-state index in [1.54, 1.807) is 0 Å². The molecule has 1 rings (SSSR count). The Morgan fingerprint density at radius 1 is 1.30 bits per heavy atom. The second-order valence-corrected chi connectivity index (χ2v) is 8.77. The molecule has 0 aliphatic heterocycles. The fraction of sp³-hybridized carbons (Fsp3) is 0.273. The van der Waals surface area contributed by atoms with Crippen molar-refractivity contribution in [3.05, 3.63) is 33.9 Å². The lowest BCUT2D eigenvalue weighted by Gasteiger charge is -2.16. The molecule has 1 unspecified atom stereocenters. The monoisotopic (exact) mass is 419 g/mol. The Balaban J connectivity index is 3.05. The lowest BCUT2D eigenvalue weighted by Crippen LogP contribution is -2.19. The summed E-state index contributed by atoms with van der Waals surface area (Å²) in [5, 5.41) is 27.2. The smallest absolute Gasteiger partial charge is 0.318 e. The van der Waals surface area contributed by atoms with Gasteiger partial charge >= 0.3 is 11.9 Å². The van der Waals surface area contributed by atoms with Crippen molar-refractivity contribution in [2.45, 2.75) is 20.4 Å². The van der Waals surface area contributed by atoms with Crippen molar-refractivity contribution in [3.8, 4) is 0 Å². The van der Waals surface area contributed by atoms with Gasteiger partial charge in [-0.2, -0.15) is 0 Å². The van der Waals surface area contributed by atoms with Gasteiger partial charge in [0.1, 0.15) is 5.25 Å². The van der Waals surface area contributed by atoms with Crippen LogP contribution in [0.3, 0.4) is 0 Å². The maximum atomic E-state index is 11.0. The molecule has 23 heavy (non-hydrogen) atoms. The zero-order valence-electron chi connectivity index (χ0n) is 10.9. The second kappa shape index (κ2) is 8.29. The molecule has 0 aromatic heterocycles. The average molecular weight is 421 g/mol. The summed E-state index contributed by atoms with van der Waals surface area (Å²) < 4.78 is -1.96. The number of nitrogens with zero attached hydrogens (tertiary/aromatic N) is 1. The Bertz CT molecular complexity index is 637. The van der Waals surface area contributed by atoms with Crippen LogP contribution in [0.25, 0.3) is 0 Å². The van der Waals surface area contributed by atoms with Crippen LogP contribution in [-0.4, -0.2) is 32.3 Å². The van der Waals surface area contributed by atoms with Gasteiger partial charge in [0.25, 0.3) is 5.69 Å². The minimum absolute atomic E-state index is 0.00802. The summed E-state index contributed by atoms with van der Waals surface area (Å²) in [7, 11) is 1.62. The summed E-state index contributed by atoms with van der Waals surface area (Å²) >= 11 is 17.3. The molecule has 0 aliphatic carbocycles. The van der Waals surface area contributed by atoms with Crippen molar-refractivity contribution >= 4 is 74.0 Å². The number of aliphatic carboxylic acids is 2. The molecule has 0 radical (unpaired) electrons. The summed E-state index contributed by atoms with van der Waals surface area (Å²) in [6.45, 7) is 0. The van der Waals surface area contributed by atoms with E-state index in [-0.39, 0.29) is 16.1 Å². The number of alkyl halides is 3. The Labute approximate surface area is 152 Å². The first kappa shape index (κ1) is 20.2. The Kier molecular flexibility index (Phi) is 7.28. The number of halogens is 3. The second-order valence-electron chi connectivity index (χ2n) is 4.04. The van der Waals surface area contributed by atoms with Crippen molar-refractivity contribution in [1.82, 2.24) is 0 Å². The van der Waals surface area contributed by atoms with Crippen LogP contribution in [0, 0.1) is 10.1 Å². The van der Waals surface area contributed by atoms with Gasteiger partial charge in [-0.3, -0.25) is 19.7 Å². The van der Waals surface area contributed by atoms with Gasteiger partial charge in [-0.25, -0.2) is 0 Å². The predicted octanol–water partition coefficient (Wildman–Crippen LogP) is 4.09. The van der Waals surface area contributed by atoms with Crippen LogP contribution in [0.1, 0.15) is 12.0 Å². The lowest BCUT2D eigenvalue weighted by atomic mass is 10.2. The molecule has 0 spiro atoms. The number of nitro benzene ring substituents is 1. The van der Waals surface area contributed by atoms with E-state index in [1.807, 2.05) is 0 Å². The van der Waals surface area contributed by atoms with E-state index in [1.165, 1.54) is 12.1 Å². The van der Waals surface area contributed by atoms with Crippen LogP contribution in [0.15, 0.2) is 23.1 Å². The normalized spacial score (nSPS) is 12.7. The predicted molar refractivity (Wildman–Crippen MR) is 89.5 cm³/mol. The van der Waals surface area contributed by atoms with Crippen molar-refractivity contribution in [3.63, 3.8) is 0 Å². The number of carboxylic acids is 2. The zero-order chi connectivity index (χ0) is 17.8. The minimum atomic E-state index is -1.96. The van der Waals surface area contributed by atoms with Gasteiger partial charge in [-0.1, -0.05) is 56.4 Å². The number of benzene rings is 1. The molecule has 7 nitrogen and oxygen atoms in total. The number of carbonyl (C=O) groups is 2. The number of non-ortho nitro benzene ring substituents is 1. The van der Waals surface area contributed by atoms with Crippen molar-refractivity contribution in [1.29, 1.82) is 0 Å². The van der Waals surface area contributed by atoms with Crippen LogP contribution in [0.4, 0.5) is 5.69 Å². The molecule has 1 aromatic rings. The average Bonchev–Trinajstić information content (AvgIpc) is 2.41. The SMILES string of the molecule is O=C(O)CC(SSc1ccc([N+](=O)[O-])cc1C(Cl)(Cl)Cl)C(=O)O. The molecular weight excluding hydrogens is 413 g/mol. The number of carboxylic acid groups (broad SMARTS) is 2. The maximum Gasteiger partial charge on any atom is 0.318 e. The molecule has 0 saturated heterocycles. The van der Waals surface area contributed by atoms with E-state index in [0.717, 1.165) is 27.7 Å². The highest BCUT2D eigenvalue weighted by atomic mass is 35.6. The Morgan fingerprint density at radius 2 is 1.91 bits per heavy atom. The van der Waals surface area contributed by atoms with Crippen LogP contribution in [0.5, 0.6) is 0 Å². The number of rotatable bonds is 7. The number of nitro groups is 1. The molecule has 0 heterocycles. The van der Waals surface area contributed by atoms with Gasteiger partial charge in [0.05, 0.1) is 11.3 Å². The number of hydrogen-bond acceptors (Lipinski definition) is 6. The highest BCUT2D eigenvalue weighted by Crippen LogP contribution is 2.47. The van der Waals surface area contributed by atoms with Crippen LogP contribution in [-0.2, 0) is 13.4 Å². The quantitative estimate of drug-likeness (QED) is 0.293. The molecule has 2 N–H and O–H groups in total. The van der Waals surface area contributed by atoms with E-state index in [0.29, 0.717) is 0 Å². The zero-order valence-corrected chi connectivity index (χ0v) is 14.8. The summed E-state index contributed by atoms with van der Waals surface area (Å²) in [6, 6.07) is 3.56. The van der Waals surface area contributed by atoms with Gasteiger partial charge in [-0.05, 0) is 6.07 Å². The van der Waals surface area contributed by atoms with Crippen molar-refractivity contribution in [2.24, 2.45) is 0 Å². The number of hydrogen-bond donors (Lipinski definition) is 2. The summed E-state index contributed by atoms with van der Waals surface area (Å²) in [5.74, 6) is -2.57. The van der Waals surface area contributed by atoms with E-state index >= 15 is 0 Å². The van der Waals surface area contributed by atoms with Crippen LogP contribution >= 0.6 is 56.4 Å². The van der Waals surface area contributed by atoms with Gasteiger partial charge in [-0.15, -0.1) is 0 Å². The molecule has 0 saturated carbocycles. The first-order valence-electron chi connectivity index (χ1n) is 5.66. The van der Waals surface area contributed by atoms with Crippen molar-refractivity contribution < 1.29 is 24.7 Å². The first-order chi connectivity index (χ1) is 10.5. The third kappa shape index (κ3) is 6.27. The highest BCUT2D eigenvalue weighted by Gasteiger charge is 2.30. The Morgan fingerprint density at radius 3 is 2.35 bits per heavy atom. The van der Waals surface area contributed by atoms with E-state index < -0.39 is 32.3 Å². The molecule has 1 aromatic carbocycles. The minimum Gasteiger partial charge on any atom is -0.481 e. The molecule has 0 aliphatic rings. The van der Waals surface area contributed by atoms with Gasteiger partial charge in [0, 0.05) is 22.6 Å². The van der Waals surface area contributed by atoms with Gasteiger partial charge < -0.3 is 10.2 Å². The Hall–Kier alpha value is -0.870. The molecule has 12 heteroatoms. The first-order valence-corrected chi connectivity index (χ1v) is 9.00. The maximum absolute atomic E-state index is 11.0. The van der Waals surface area contributed by atoms with E-state index in [2.05, 4.69) is 0 Å². The lowest BCUT2D eigenvalue weighted by molar-refractivity contribution is -0.385. The standard InChI is InChI=1S/C11H8Cl3NO6S2/c12-11(13,14)6-3-5(15(20)21)1-2-7(6)22-23-8(10(18)19)4-9(16)17/h1-3,8H,4H2,(H,16,17)(H,18,19). The van der Waals surface area contributed by atoms with E-state index in [4.69, 9.17) is 45.0 Å². The largest absolute Gasteiger partial charge is 0.481 e. The fourth-order valence-corrected chi connectivity index (χ4v) is 4.48. The summed E-state index contributed by atoms with van der Waals surface area (Å²) in [4.78, 5) is 32.1. The molecule has 126 valence electrons. The molecule has 0 fully saturated rings. The van der Waals surface area contributed by atoms with Gasteiger partial charge in [0.2, 0.25) is 3.79 Å². The van der Waals surface area contributed by atoms with Crippen LogP contribution in [0.2, 0.25) is 0 Å². The van der Waals surface area contributed by atoms with E-state index in [9.17, 15) is 19.7 Å². The molecular formula is C11H8Cl3NO6S2. The molecule has 0 amide bonds. The fourth-order valence-electron chi connectivity index (χ4n) is 1.36. The summed E-state index contributed by atoms with van der Waals surface area (Å²) in [6.07, 6.45) is -0.594. The molecule has 1 atom stereocenters. The summed E-state index contributed by atoms with van der Waals surface area (Å²) in [5.41, 5.74) is -0.283.